The Kier molecular flexibility index (Phi) is 29.2. The first-order valence-electron chi connectivity index (χ1n) is 16.3. The van der Waals surface area contributed by atoms with Crippen LogP contribution in [-0.4, -0.2) is 12.6 Å². The van der Waals surface area contributed by atoms with Gasteiger partial charge >= 0.3 is 5.97 Å². The summed E-state index contributed by atoms with van der Waals surface area (Å²) < 4.78 is 5.41. The lowest BCUT2D eigenvalue weighted by molar-refractivity contribution is -0.143. The summed E-state index contributed by atoms with van der Waals surface area (Å²) in [5.74, 6) is 0.878. The minimum atomic E-state index is 0.0242. The first-order chi connectivity index (χ1) is 17.2. The van der Waals surface area contributed by atoms with Gasteiger partial charge in [0.25, 0.3) is 0 Å². The average Bonchev–Trinajstić information content (AvgIpc) is 2.84. The van der Waals surface area contributed by atoms with Crippen molar-refractivity contribution in [3.05, 3.63) is 0 Å². The molecule has 0 N–H and O–H groups in total. The van der Waals surface area contributed by atoms with Crippen LogP contribution in [-0.2, 0) is 9.53 Å². The quantitative estimate of drug-likeness (QED) is 0.0763. The summed E-state index contributed by atoms with van der Waals surface area (Å²) in [7, 11) is 0. The molecule has 0 saturated carbocycles. The van der Waals surface area contributed by atoms with Crippen molar-refractivity contribution in [1.82, 2.24) is 0 Å². The Morgan fingerprint density at radius 2 is 0.829 bits per heavy atom. The summed E-state index contributed by atoms with van der Waals surface area (Å²) in [5, 5.41) is 0. The van der Waals surface area contributed by atoms with Gasteiger partial charge < -0.3 is 4.74 Å². The van der Waals surface area contributed by atoms with Crippen molar-refractivity contribution in [1.29, 1.82) is 0 Å². The van der Waals surface area contributed by atoms with Crippen LogP contribution in [0.25, 0.3) is 0 Å². The normalized spacial score (nSPS) is 11.4. The fraction of sp³-hybridized carbons (Fsp3) is 0.970. The standard InChI is InChI=1S/C33H66O2/c1-4-5-6-7-8-9-10-11-12-13-14-15-16-17-21-24-27-30-33(34)35-31-28-25-22-19-18-20-23-26-29-32(2)3/h32H,4-31H2,1-3H3. The van der Waals surface area contributed by atoms with Crippen molar-refractivity contribution in [2.24, 2.45) is 5.92 Å². The van der Waals surface area contributed by atoms with Crippen LogP contribution in [0.3, 0.4) is 0 Å². The smallest absolute Gasteiger partial charge is 0.305 e. The van der Waals surface area contributed by atoms with E-state index in [1.165, 1.54) is 154 Å². The highest BCUT2D eigenvalue weighted by molar-refractivity contribution is 5.69. The summed E-state index contributed by atoms with van der Waals surface area (Å²) in [6.45, 7) is 7.55. The van der Waals surface area contributed by atoms with Crippen LogP contribution >= 0.6 is 0 Å². The highest BCUT2D eigenvalue weighted by Gasteiger charge is 2.03. The molecule has 0 rings (SSSR count). The Bertz CT molecular complexity index is 404. The van der Waals surface area contributed by atoms with E-state index in [1.54, 1.807) is 0 Å². The van der Waals surface area contributed by atoms with Crippen LogP contribution in [0.2, 0.25) is 0 Å². The molecule has 2 nitrogen and oxygen atoms in total. The number of carbonyl (C=O) groups excluding carboxylic acids is 1. The molecule has 0 bridgehead atoms. The van der Waals surface area contributed by atoms with Crippen LogP contribution in [0.15, 0.2) is 0 Å². The lowest BCUT2D eigenvalue weighted by Crippen LogP contribution is -2.05. The summed E-state index contributed by atoms with van der Waals surface area (Å²) in [5.41, 5.74) is 0. The average molecular weight is 495 g/mol. The molecule has 0 aromatic rings. The first-order valence-corrected chi connectivity index (χ1v) is 16.3. The van der Waals surface area contributed by atoms with Crippen LogP contribution in [0.5, 0.6) is 0 Å². The molecule has 0 atom stereocenters. The molecule has 0 fully saturated rings. The number of rotatable bonds is 29. The second-order valence-corrected chi connectivity index (χ2v) is 11.6. The Balaban J connectivity index is 3.14. The van der Waals surface area contributed by atoms with Gasteiger partial charge in [0.1, 0.15) is 0 Å². The van der Waals surface area contributed by atoms with Gasteiger partial charge in [-0.3, -0.25) is 4.79 Å². The van der Waals surface area contributed by atoms with Crippen LogP contribution in [0.4, 0.5) is 0 Å². The third-order valence-electron chi connectivity index (χ3n) is 7.42. The topological polar surface area (TPSA) is 26.3 Å². The van der Waals surface area contributed by atoms with E-state index in [2.05, 4.69) is 20.8 Å². The molecule has 0 heterocycles. The van der Waals surface area contributed by atoms with Gasteiger partial charge in [-0.15, -0.1) is 0 Å². The summed E-state index contributed by atoms with van der Waals surface area (Å²) in [4.78, 5) is 11.9. The van der Waals surface area contributed by atoms with Gasteiger partial charge in [-0.1, -0.05) is 175 Å². The van der Waals surface area contributed by atoms with E-state index in [4.69, 9.17) is 4.74 Å². The van der Waals surface area contributed by atoms with E-state index in [-0.39, 0.29) is 5.97 Å². The third kappa shape index (κ3) is 31.4. The Morgan fingerprint density at radius 3 is 1.23 bits per heavy atom. The van der Waals surface area contributed by atoms with Crippen molar-refractivity contribution >= 4 is 5.97 Å². The summed E-state index contributed by atoms with van der Waals surface area (Å²) in [6, 6.07) is 0. The highest BCUT2D eigenvalue weighted by atomic mass is 16.5. The molecule has 0 aliphatic rings. The number of unbranched alkanes of at least 4 members (excludes halogenated alkanes) is 23. The number of ether oxygens (including phenoxy) is 1. The zero-order valence-electron chi connectivity index (χ0n) is 24.7. The molecular formula is C33H66O2. The number of carbonyl (C=O) groups is 1. The predicted molar refractivity (Wildman–Crippen MR) is 156 cm³/mol. The maximum atomic E-state index is 11.9. The van der Waals surface area contributed by atoms with E-state index >= 15 is 0 Å². The maximum absolute atomic E-state index is 11.9. The third-order valence-corrected chi connectivity index (χ3v) is 7.42. The summed E-state index contributed by atoms with van der Waals surface area (Å²) in [6.07, 6.45) is 35.8. The number of hydrogen-bond donors (Lipinski definition) is 0. The zero-order valence-corrected chi connectivity index (χ0v) is 24.7. The molecule has 210 valence electrons. The molecule has 0 amide bonds. The largest absolute Gasteiger partial charge is 0.466 e. The minimum Gasteiger partial charge on any atom is -0.466 e. The first kappa shape index (κ1) is 34.5. The maximum Gasteiger partial charge on any atom is 0.305 e. The van der Waals surface area contributed by atoms with Gasteiger partial charge in [-0.25, -0.2) is 0 Å². The van der Waals surface area contributed by atoms with E-state index in [0.717, 1.165) is 18.8 Å². The minimum absolute atomic E-state index is 0.0242. The van der Waals surface area contributed by atoms with Crippen molar-refractivity contribution in [2.45, 2.75) is 194 Å². The molecule has 0 saturated heterocycles. The number of hydrogen-bond acceptors (Lipinski definition) is 2. The van der Waals surface area contributed by atoms with Gasteiger partial charge in [0, 0.05) is 6.42 Å². The monoisotopic (exact) mass is 495 g/mol. The van der Waals surface area contributed by atoms with Crippen molar-refractivity contribution in [2.75, 3.05) is 6.61 Å². The van der Waals surface area contributed by atoms with Gasteiger partial charge in [-0.05, 0) is 18.8 Å². The Hall–Kier alpha value is -0.530. The molecule has 0 radical (unpaired) electrons. The van der Waals surface area contributed by atoms with Crippen LogP contribution in [0.1, 0.15) is 194 Å². The predicted octanol–water partition coefficient (Wildman–Crippen LogP) is 11.7. The van der Waals surface area contributed by atoms with Crippen molar-refractivity contribution < 1.29 is 9.53 Å². The zero-order chi connectivity index (χ0) is 25.7. The fourth-order valence-corrected chi connectivity index (χ4v) is 4.97. The van der Waals surface area contributed by atoms with Gasteiger partial charge in [0.2, 0.25) is 0 Å². The second-order valence-electron chi connectivity index (χ2n) is 11.6. The van der Waals surface area contributed by atoms with E-state index in [0.29, 0.717) is 13.0 Å². The van der Waals surface area contributed by atoms with Crippen molar-refractivity contribution in [3.63, 3.8) is 0 Å². The lowest BCUT2D eigenvalue weighted by atomic mass is 10.0. The molecule has 0 aromatic heterocycles. The molecule has 35 heavy (non-hydrogen) atoms. The molecule has 0 aliphatic heterocycles. The van der Waals surface area contributed by atoms with Gasteiger partial charge in [0.15, 0.2) is 0 Å². The second kappa shape index (κ2) is 29.7. The SMILES string of the molecule is CCCCCCCCCCCCCCCCCCCC(=O)OCCCCCCCCCCC(C)C. The van der Waals surface area contributed by atoms with Gasteiger partial charge in [-0.2, -0.15) is 0 Å². The highest BCUT2D eigenvalue weighted by Crippen LogP contribution is 2.15. The molecular weight excluding hydrogens is 428 g/mol. The molecule has 0 aliphatic carbocycles. The number of esters is 1. The van der Waals surface area contributed by atoms with Gasteiger partial charge in [0.05, 0.1) is 6.61 Å². The van der Waals surface area contributed by atoms with E-state index in [9.17, 15) is 4.79 Å². The Morgan fingerprint density at radius 1 is 0.486 bits per heavy atom. The molecule has 0 unspecified atom stereocenters. The van der Waals surface area contributed by atoms with E-state index < -0.39 is 0 Å². The lowest BCUT2D eigenvalue weighted by Gasteiger charge is -2.06. The Labute approximate surface area is 222 Å². The molecule has 0 aromatic carbocycles. The van der Waals surface area contributed by atoms with Crippen LogP contribution in [0, 0.1) is 5.92 Å². The van der Waals surface area contributed by atoms with Crippen LogP contribution < -0.4 is 0 Å². The molecule has 2 heteroatoms. The van der Waals surface area contributed by atoms with Crippen molar-refractivity contribution in [3.8, 4) is 0 Å². The summed E-state index contributed by atoms with van der Waals surface area (Å²) >= 11 is 0. The van der Waals surface area contributed by atoms with E-state index in [1.807, 2.05) is 0 Å². The molecule has 0 spiro atoms. The fourth-order valence-electron chi connectivity index (χ4n) is 4.97.